The number of hydrogen-bond acceptors (Lipinski definition) is 2. The molecule has 0 spiro atoms. The summed E-state index contributed by atoms with van der Waals surface area (Å²) in [5, 5.41) is -1.27. The van der Waals surface area contributed by atoms with Gasteiger partial charge in [-0.3, -0.25) is 9.55 Å². The summed E-state index contributed by atoms with van der Waals surface area (Å²) < 4.78 is 14.7. The van der Waals surface area contributed by atoms with Crippen molar-refractivity contribution in [3.8, 4) is 16.8 Å². The van der Waals surface area contributed by atoms with Crippen molar-refractivity contribution >= 4 is 20.0 Å². The number of benzene rings is 1. The molecule has 2 heterocycles. The van der Waals surface area contributed by atoms with Gasteiger partial charge in [-0.1, -0.05) is 42.5 Å². The van der Waals surface area contributed by atoms with Gasteiger partial charge < -0.3 is 22.2 Å². The zero-order valence-electron chi connectivity index (χ0n) is 18.4. The van der Waals surface area contributed by atoms with Crippen molar-refractivity contribution < 1.29 is 31.3 Å². The summed E-state index contributed by atoms with van der Waals surface area (Å²) in [6.07, 6.45) is 13.1. The number of rotatable bonds is 5. The van der Waals surface area contributed by atoms with Gasteiger partial charge in [-0.2, -0.15) is 4.57 Å². The Bertz CT molecular complexity index is 1210. The van der Waals surface area contributed by atoms with Crippen LogP contribution in [0.2, 0.25) is 0 Å². The molecule has 5 nitrogen and oxygen atoms in total. The molecule has 1 aliphatic rings. The summed E-state index contributed by atoms with van der Waals surface area (Å²) in [6.45, 7) is 4.11. The third-order valence-corrected chi connectivity index (χ3v) is 7.57. The molecule has 0 bridgehead atoms. The van der Waals surface area contributed by atoms with Gasteiger partial charge in [0.05, 0.1) is 6.42 Å². The van der Waals surface area contributed by atoms with Gasteiger partial charge in [0.2, 0.25) is 5.69 Å². The number of hydrogen-bond donors (Lipinski definition) is 2. The molecule has 1 atom stereocenters. The molecule has 174 valence electrons. The highest BCUT2D eigenvalue weighted by molar-refractivity contribution is 7.53. The molecule has 2 aromatic heterocycles. The van der Waals surface area contributed by atoms with E-state index in [1.165, 1.54) is 0 Å². The second-order valence-corrected chi connectivity index (χ2v) is 10.0. The average Bonchev–Trinajstić information content (AvgIpc) is 2.75. The zero-order valence-corrected chi connectivity index (χ0v) is 20.9. The van der Waals surface area contributed by atoms with Gasteiger partial charge in [0.15, 0.2) is 11.9 Å². The van der Waals surface area contributed by atoms with E-state index >= 15 is 0 Å². The number of pyridine rings is 2. The third-order valence-electron chi connectivity index (χ3n) is 5.92. The molecule has 0 radical (unpaired) electrons. The molecule has 4 rings (SSSR count). The van der Waals surface area contributed by atoms with E-state index in [0.717, 1.165) is 33.6 Å². The molecular formula is C25H27Cl2N2O3P. The summed E-state index contributed by atoms with van der Waals surface area (Å²) in [4.78, 5) is 24.7. The lowest BCUT2D eigenvalue weighted by molar-refractivity contribution is -0.605. The minimum Gasteiger partial charge on any atom is -1.00 e. The van der Waals surface area contributed by atoms with E-state index < -0.39 is 12.8 Å². The second-order valence-electron chi connectivity index (χ2n) is 8.07. The number of halogens is 2. The van der Waals surface area contributed by atoms with E-state index in [0.29, 0.717) is 6.42 Å². The Labute approximate surface area is 206 Å². The molecule has 0 amide bonds. The van der Waals surface area contributed by atoms with Crippen LogP contribution in [0, 0.1) is 13.8 Å². The zero-order chi connectivity index (χ0) is 22.1. The Hall–Kier alpha value is -2.27. The van der Waals surface area contributed by atoms with E-state index in [-0.39, 0.29) is 31.2 Å². The van der Waals surface area contributed by atoms with Crippen molar-refractivity contribution in [2.75, 3.05) is 0 Å². The molecule has 0 aliphatic heterocycles. The van der Waals surface area contributed by atoms with Gasteiger partial charge in [-0.25, -0.2) is 0 Å². The molecule has 2 N–H and O–H groups in total. The maximum absolute atomic E-state index is 12.6. The van der Waals surface area contributed by atoms with Crippen LogP contribution in [0.4, 0.5) is 0 Å². The lowest BCUT2D eigenvalue weighted by Crippen LogP contribution is -3.00. The van der Waals surface area contributed by atoms with Crippen molar-refractivity contribution in [1.82, 2.24) is 4.98 Å². The Morgan fingerprint density at radius 3 is 2.27 bits per heavy atom. The Morgan fingerprint density at radius 2 is 1.70 bits per heavy atom. The lowest BCUT2D eigenvalue weighted by atomic mass is 9.92. The minimum absolute atomic E-state index is 0. The predicted octanol–water partition coefficient (Wildman–Crippen LogP) is 2.04. The van der Waals surface area contributed by atoms with Crippen LogP contribution in [0.1, 0.15) is 23.2 Å². The van der Waals surface area contributed by atoms with Crippen molar-refractivity contribution in [3.05, 3.63) is 102 Å². The molecule has 0 saturated heterocycles. The highest BCUT2D eigenvalue weighted by atomic mass is 35.5. The molecule has 0 saturated carbocycles. The average molecular weight is 505 g/mol. The van der Waals surface area contributed by atoms with Gasteiger partial charge in [0, 0.05) is 35.7 Å². The van der Waals surface area contributed by atoms with Crippen LogP contribution >= 0.6 is 20.0 Å². The van der Waals surface area contributed by atoms with Gasteiger partial charge in [-0.15, -0.1) is 12.4 Å². The fourth-order valence-corrected chi connectivity index (χ4v) is 5.22. The highest BCUT2D eigenvalue weighted by Crippen LogP contribution is 2.56. The first kappa shape index (κ1) is 27.0. The topological polar surface area (TPSA) is 74.3 Å². The fraction of sp³-hybridized carbons (Fsp3) is 0.200. The second kappa shape index (κ2) is 10.8. The number of aromatic nitrogens is 2. The highest BCUT2D eigenvalue weighted by Gasteiger charge is 2.46. The predicted molar refractivity (Wildman–Crippen MR) is 129 cm³/mol. The van der Waals surface area contributed by atoms with Crippen molar-refractivity contribution in [3.63, 3.8) is 0 Å². The maximum Gasteiger partial charge on any atom is 0.336 e. The van der Waals surface area contributed by atoms with Gasteiger partial charge >= 0.3 is 7.60 Å². The van der Waals surface area contributed by atoms with Crippen LogP contribution in [0.5, 0.6) is 0 Å². The number of para-hydroxylation sites is 1. The summed E-state index contributed by atoms with van der Waals surface area (Å²) in [5.74, 6) is 0. The van der Waals surface area contributed by atoms with E-state index in [2.05, 4.69) is 35.5 Å². The monoisotopic (exact) mass is 504 g/mol. The van der Waals surface area contributed by atoms with Crippen LogP contribution in [0.3, 0.4) is 0 Å². The number of allylic oxidation sites excluding steroid dienone is 4. The standard InChI is InChI=1S/C25H25N2O3P.2ClH/c1-19-7-6-8-20(2)24(19)27-16-11-22(21-9-14-26-15-10-21)17-23(27)18-25(31(28,29)30)12-4-3-5-13-25;;/h3-12,14-17H,13,18H2,1-2H3,(H-,28,29,30);2*1H. The summed E-state index contributed by atoms with van der Waals surface area (Å²) >= 11 is 0. The molecule has 0 fully saturated rings. The minimum atomic E-state index is -4.42. The normalized spacial score (nSPS) is 17.2. The molecule has 3 aromatic rings. The first-order valence-corrected chi connectivity index (χ1v) is 11.8. The van der Waals surface area contributed by atoms with Crippen molar-refractivity contribution in [1.29, 1.82) is 0 Å². The van der Waals surface area contributed by atoms with Crippen LogP contribution in [0.25, 0.3) is 16.8 Å². The Balaban J connectivity index is 0.00000193. The smallest absolute Gasteiger partial charge is 0.336 e. The molecule has 1 aliphatic carbocycles. The van der Waals surface area contributed by atoms with Gasteiger partial charge in [0.25, 0.3) is 0 Å². The first-order chi connectivity index (χ1) is 14.8. The summed E-state index contributed by atoms with van der Waals surface area (Å²) in [6, 6.07) is 14.1. The third kappa shape index (κ3) is 5.46. The van der Waals surface area contributed by atoms with Gasteiger partial charge in [0.1, 0.15) is 5.16 Å². The van der Waals surface area contributed by atoms with E-state index in [4.69, 9.17) is 0 Å². The number of nitrogens with zero attached hydrogens (tertiary/aromatic N) is 2. The van der Waals surface area contributed by atoms with Crippen molar-refractivity contribution in [2.45, 2.75) is 31.8 Å². The summed E-state index contributed by atoms with van der Waals surface area (Å²) in [5.41, 5.74) is 6.08. The fourth-order valence-electron chi connectivity index (χ4n) is 4.23. The lowest BCUT2D eigenvalue weighted by Gasteiger charge is -2.31. The van der Waals surface area contributed by atoms with Crippen LogP contribution in [-0.4, -0.2) is 19.9 Å². The quantitative estimate of drug-likeness (QED) is 0.412. The van der Waals surface area contributed by atoms with Crippen LogP contribution < -0.4 is 17.0 Å². The molecule has 8 heteroatoms. The molecule has 1 unspecified atom stereocenters. The van der Waals surface area contributed by atoms with E-state index in [9.17, 15) is 14.4 Å². The Kier molecular flexibility index (Phi) is 8.81. The molecule has 33 heavy (non-hydrogen) atoms. The SMILES string of the molecule is Cc1cccc(C)c1-[n+]1ccc(-c2ccncc2)cc1CC1(P(=O)(O)O)C=CC=CC1.Cl.[Cl-]. The molecule has 1 aromatic carbocycles. The maximum atomic E-state index is 12.6. The van der Waals surface area contributed by atoms with Crippen molar-refractivity contribution in [2.24, 2.45) is 0 Å². The van der Waals surface area contributed by atoms with E-state index in [1.807, 2.05) is 48.7 Å². The first-order valence-electron chi connectivity index (χ1n) is 10.2. The van der Waals surface area contributed by atoms with Crippen LogP contribution in [-0.2, 0) is 11.0 Å². The summed E-state index contributed by atoms with van der Waals surface area (Å²) in [7, 11) is -4.42. The number of aryl methyl sites for hydroxylation is 2. The Morgan fingerprint density at radius 1 is 1.03 bits per heavy atom. The van der Waals surface area contributed by atoms with Crippen LogP contribution in [0.15, 0.2) is 85.4 Å². The largest absolute Gasteiger partial charge is 1.00 e. The molecular weight excluding hydrogens is 478 g/mol. The van der Waals surface area contributed by atoms with Gasteiger partial charge in [-0.05, 0) is 43.5 Å². The van der Waals surface area contributed by atoms with E-state index in [1.54, 1.807) is 24.5 Å².